The molecule has 0 spiro atoms. The van der Waals surface area contributed by atoms with Gasteiger partial charge in [-0.1, -0.05) is 0 Å². The summed E-state index contributed by atoms with van der Waals surface area (Å²) in [5.74, 6) is 0.891. The third kappa shape index (κ3) is 9.83. The Morgan fingerprint density at radius 1 is 0.815 bits per heavy atom. The summed E-state index contributed by atoms with van der Waals surface area (Å²) < 4.78 is 22.1. The smallest absolute Gasteiger partial charge is 0.354 e. The maximum absolute atomic E-state index is 12.3. The van der Waals surface area contributed by atoms with Gasteiger partial charge in [-0.25, -0.2) is 4.57 Å². The lowest BCUT2D eigenvalue weighted by atomic mass is 10.4. The van der Waals surface area contributed by atoms with E-state index in [0.717, 1.165) is 25.9 Å². The predicted molar refractivity (Wildman–Crippen MR) is 108 cm³/mol. The van der Waals surface area contributed by atoms with E-state index < -0.39 is 7.75 Å². The molecule has 11 nitrogen and oxygen atoms in total. The number of nitrogens with zero attached hydrogens (tertiary/aromatic N) is 5. The molecule has 0 aliphatic heterocycles. The van der Waals surface area contributed by atoms with Crippen LogP contribution in [0, 0.1) is 0 Å². The molecular formula is C15H33N8O3P. The van der Waals surface area contributed by atoms with Crippen LogP contribution in [-0.2, 0) is 13.6 Å². The van der Waals surface area contributed by atoms with Gasteiger partial charge in [0, 0.05) is 27.3 Å². The van der Waals surface area contributed by atoms with Crippen molar-refractivity contribution in [2.45, 2.75) is 12.8 Å². The van der Waals surface area contributed by atoms with Crippen molar-refractivity contribution in [1.29, 1.82) is 0 Å². The Balaban J connectivity index is 2.81. The zero-order valence-electron chi connectivity index (χ0n) is 17.2. The third-order valence-electron chi connectivity index (χ3n) is 3.48. The van der Waals surface area contributed by atoms with Gasteiger partial charge in [-0.3, -0.25) is 14.1 Å². The van der Waals surface area contributed by atoms with Crippen molar-refractivity contribution in [3.8, 4) is 0 Å². The second kappa shape index (κ2) is 12.0. The van der Waals surface area contributed by atoms with Crippen molar-refractivity contribution in [3.05, 3.63) is 0 Å². The number of hydrogen-bond donors (Lipinski definition) is 3. The number of rotatable bonds is 14. The molecule has 0 aliphatic carbocycles. The van der Waals surface area contributed by atoms with Gasteiger partial charge < -0.3 is 20.4 Å². The quantitative estimate of drug-likeness (QED) is 0.309. The molecule has 0 fully saturated rings. The van der Waals surface area contributed by atoms with Gasteiger partial charge in [0.1, 0.15) is 0 Å². The topological polar surface area (TPSA) is 117 Å². The van der Waals surface area contributed by atoms with E-state index in [1.807, 2.05) is 28.2 Å². The minimum absolute atomic E-state index is 0.113. The molecule has 3 N–H and O–H groups in total. The molecule has 0 radical (unpaired) electrons. The average molecular weight is 404 g/mol. The Kier molecular flexibility index (Phi) is 10.5. The molecule has 0 aliphatic rings. The van der Waals surface area contributed by atoms with Crippen LogP contribution >= 0.6 is 7.75 Å². The molecule has 1 aromatic rings. The predicted octanol–water partition coefficient (Wildman–Crippen LogP) is 1.41. The van der Waals surface area contributed by atoms with Gasteiger partial charge in [0.25, 0.3) is 0 Å². The summed E-state index contributed by atoms with van der Waals surface area (Å²) in [6, 6.07) is 0. The number of nitrogens with one attached hydrogen (secondary N) is 3. The highest BCUT2D eigenvalue weighted by Gasteiger charge is 2.23. The Morgan fingerprint density at radius 2 is 1.22 bits per heavy atom. The highest BCUT2D eigenvalue weighted by atomic mass is 31.2. The van der Waals surface area contributed by atoms with E-state index in [-0.39, 0.29) is 5.95 Å². The molecule has 12 heteroatoms. The zero-order valence-corrected chi connectivity index (χ0v) is 18.0. The summed E-state index contributed by atoms with van der Waals surface area (Å²) in [5, 5.41) is 8.93. The van der Waals surface area contributed by atoms with Crippen LogP contribution in [0.2, 0.25) is 0 Å². The average Bonchev–Trinajstić information content (AvgIpc) is 2.62. The van der Waals surface area contributed by atoms with Crippen molar-refractivity contribution in [3.63, 3.8) is 0 Å². The standard InChI is InChI=1S/C15H33N8O3P/c1-22(2)11-7-9-16-13-18-14(17-10-8-12-23(3)4)20-15(19-13)21-27(24,25-5)26-6/h7-12H2,1-6H3,(H3,16,17,18,19,20,21,24). The largest absolute Gasteiger partial charge is 0.434 e. The van der Waals surface area contributed by atoms with Crippen molar-refractivity contribution in [2.75, 3.05) is 84.3 Å². The van der Waals surface area contributed by atoms with E-state index in [1.165, 1.54) is 14.2 Å². The van der Waals surface area contributed by atoms with Crippen LogP contribution in [0.15, 0.2) is 0 Å². The summed E-state index contributed by atoms with van der Waals surface area (Å²) in [4.78, 5) is 17.1. The van der Waals surface area contributed by atoms with Crippen molar-refractivity contribution in [1.82, 2.24) is 24.8 Å². The molecule has 0 saturated heterocycles. The van der Waals surface area contributed by atoms with Crippen LogP contribution in [0.25, 0.3) is 0 Å². The van der Waals surface area contributed by atoms with Gasteiger partial charge in [-0.05, 0) is 54.1 Å². The van der Waals surface area contributed by atoms with Gasteiger partial charge in [-0.2, -0.15) is 15.0 Å². The summed E-state index contributed by atoms with van der Waals surface area (Å²) in [5.41, 5.74) is 0. The number of hydrogen-bond acceptors (Lipinski definition) is 10. The zero-order chi connectivity index (χ0) is 20.3. The highest BCUT2D eigenvalue weighted by molar-refractivity contribution is 7.55. The Labute approximate surface area is 161 Å². The van der Waals surface area contributed by atoms with E-state index in [9.17, 15) is 4.57 Å². The maximum atomic E-state index is 12.3. The molecule has 1 heterocycles. The molecule has 156 valence electrons. The van der Waals surface area contributed by atoms with Crippen LogP contribution in [0.4, 0.5) is 17.8 Å². The molecule has 0 aromatic carbocycles. The minimum atomic E-state index is -3.50. The van der Waals surface area contributed by atoms with Crippen molar-refractivity contribution in [2.24, 2.45) is 0 Å². The first kappa shape index (κ1) is 23.5. The van der Waals surface area contributed by atoms with E-state index in [1.54, 1.807) is 0 Å². The van der Waals surface area contributed by atoms with Crippen LogP contribution < -0.4 is 15.7 Å². The number of anilines is 3. The summed E-state index contributed by atoms with van der Waals surface area (Å²) in [7, 11) is 7.16. The lowest BCUT2D eigenvalue weighted by molar-refractivity contribution is 0.281. The normalized spacial score (nSPS) is 11.9. The van der Waals surface area contributed by atoms with Crippen LogP contribution in [-0.4, -0.2) is 93.3 Å². The number of aromatic nitrogens is 3. The van der Waals surface area contributed by atoms with Crippen LogP contribution in [0.5, 0.6) is 0 Å². The highest BCUT2D eigenvalue weighted by Crippen LogP contribution is 2.45. The molecule has 0 atom stereocenters. The molecule has 0 amide bonds. The van der Waals surface area contributed by atoms with Gasteiger partial charge in [0.05, 0.1) is 0 Å². The lowest BCUT2D eigenvalue weighted by Gasteiger charge is -2.16. The summed E-state index contributed by atoms with van der Waals surface area (Å²) in [6.07, 6.45) is 1.86. The Bertz CT molecular complexity index is 560. The van der Waals surface area contributed by atoms with Gasteiger partial charge in [-0.15, -0.1) is 0 Å². The summed E-state index contributed by atoms with van der Waals surface area (Å²) >= 11 is 0. The van der Waals surface area contributed by atoms with Gasteiger partial charge >= 0.3 is 7.75 Å². The lowest BCUT2D eigenvalue weighted by Crippen LogP contribution is -2.19. The first-order valence-corrected chi connectivity index (χ1v) is 10.4. The summed E-state index contributed by atoms with van der Waals surface area (Å²) in [6.45, 7) is 3.30. The Morgan fingerprint density at radius 3 is 1.59 bits per heavy atom. The molecule has 1 aromatic heterocycles. The van der Waals surface area contributed by atoms with E-state index in [2.05, 4.69) is 40.5 Å². The van der Waals surface area contributed by atoms with E-state index >= 15 is 0 Å². The molecule has 0 bridgehead atoms. The fraction of sp³-hybridized carbons (Fsp3) is 0.800. The van der Waals surface area contributed by atoms with E-state index in [0.29, 0.717) is 25.0 Å². The maximum Gasteiger partial charge on any atom is 0.434 e. The molecule has 27 heavy (non-hydrogen) atoms. The third-order valence-corrected chi connectivity index (χ3v) is 4.92. The first-order chi connectivity index (χ1) is 12.8. The van der Waals surface area contributed by atoms with Gasteiger partial charge in [0.2, 0.25) is 17.8 Å². The van der Waals surface area contributed by atoms with Crippen LogP contribution in [0.1, 0.15) is 12.8 Å². The van der Waals surface area contributed by atoms with E-state index in [4.69, 9.17) is 9.05 Å². The van der Waals surface area contributed by atoms with Crippen molar-refractivity contribution >= 4 is 25.6 Å². The van der Waals surface area contributed by atoms with Crippen molar-refractivity contribution < 1.29 is 13.6 Å². The second-order valence-corrected chi connectivity index (χ2v) is 8.40. The molecule has 1 rings (SSSR count). The van der Waals surface area contributed by atoms with Gasteiger partial charge in [0.15, 0.2) is 0 Å². The fourth-order valence-corrected chi connectivity index (χ4v) is 2.74. The monoisotopic (exact) mass is 404 g/mol. The molecule has 0 unspecified atom stereocenters. The second-order valence-electron chi connectivity index (χ2n) is 6.45. The molecule has 0 saturated carbocycles. The SMILES string of the molecule is COP(=O)(Nc1nc(NCCCN(C)C)nc(NCCCN(C)C)n1)OC. The minimum Gasteiger partial charge on any atom is -0.354 e. The first-order valence-electron chi connectivity index (χ1n) is 8.81. The molecular weight excluding hydrogens is 371 g/mol. The Hall–Kier alpha value is -1.52. The van der Waals surface area contributed by atoms with Crippen LogP contribution in [0.3, 0.4) is 0 Å². The fourth-order valence-electron chi connectivity index (χ4n) is 2.06.